The van der Waals surface area contributed by atoms with Crippen molar-refractivity contribution < 1.29 is 14.3 Å². The van der Waals surface area contributed by atoms with Crippen molar-refractivity contribution in [2.24, 2.45) is 5.92 Å². The quantitative estimate of drug-likeness (QED) is 0.309. The number of amides is 1. The minimum Gasteiger partial charge on any atom is -0.368 e. The van der Waals surface area contributed by atoms with E-state index in [-0.39, 0.29) is 41.0 Å². The van der Waals surface area contributed by atoms with E-state index in [0.717, 1.165) is 38.5 Å². The van der Waals surface area contributed by atoms with Gasteiger partial charge in [0.15, 0.2) is 0 Å². The maximum absolute atomic E-state index is 12.9. The fourth-order valence-electron chi connectivity index (χ4n) is 8.40. The van der Waals surface area contributed by atoms with Crippen LogP contribution >= 0.6 is 0 Å². The topological polar surface area (TPSA) is 59.6 Å². The number of fused-ring (bicyclic) bond motifs is 1. The third-order valence-electron chi connectivity index (χ3n) is 10.0. The molecule has 0 heterocycles. The summed E-state index contributed by atoms with van der Waals surface area (Å²) >= 11 is 0. The molecule has 5 fully saturated rings. The summed E-state index contributed by atoms with van der Waals surface area (Å²) in [6, 6.07) is 0. The molecular formula is C32H58N2O3. The zero-order valence-corrected chi connectivity index (χ0v) is 24.7. The molecule has 5 rings (SSSR count). The van der Waals surface area contributed by atoms with Gasteiger partial charge in [-0.25, -0.2) is 0 Å². The average Bonchev–Trinajstić information content (AvgIpc) is 3.28. The summed E-state index contributed by atoms with van der Waals surface area (Å²) in [4.78, 5) is 12.9. The van der Waals surface area contributed by atoms with Gasteiger partial charge in [-0.05, 0) is 85.0 Å². The van der Waals surface area contributed by atoms with Gasteiger partial charge < -0.3 is 14.8 Å². The van der Waals surface area contributed by atoms with Crippen LogP contribution in [0.1, 0.15) is 156 Å². The summed E-state index contributed by atoms with van der Waals surface area (Å²) in [6.07, 6.45) is 25.2. The Morgan fingerprint density at radius 3 is 1.78 bits per heavy atom. The minimum atomic E-state index is -0.384. The standard InChI is InChI=1S/C32H58N2O3/c1-29(2,26-17-13-9-8-10-14-18-26)37-30(3,4)34-32-22-21-31(24-32,25-32)33-28(35)23-36-27-19-15-11-6-5-7-12-16-20-27/h26-27,34H,5-25H2,1-4H3,(H,33,35). The lowest BCUT2D eigenvalue weighted by Gasteiger charge is -2.53. The molecule has 0 radical (unpaired) electrons. The van der Waals surface area contributed by atoms with Crippen molar-refractivity contribution in [3.05, 3.63) is 0 Å². The van der Waals surface area contributed by atoms with Crippen LogP contribution < -0.4 is 10.6 Å². The molecule has 0 aliphatic heterocycles. The van der Waals surface area contributed by atoms with Crippen LogP contribution in [0.2, 0.25) is 0 Å². The highest BCUT2D eigenvalue weighted by Crippen LogP contribution is 2.56. The lowest BCUT2D eigenvalue weighted by atomic mass is 9.70. The molecular weight excluding hydrogens is 460 g/mol. The molecule has 1 amide bonds. The van der Waals surface area contributed by atoms with E-state index in [1.807, 2.05) is 0 Å². The third kappa shape index (κ3) is 8.42. The van der Waals surface area contributed by atoms with Crippen LogP contribution in [0.25, 0.3) is 0 Å². The van der Waals surface area contributed by atoms with E-state index in [1.54, 1.807) is 0 Å². The Kier molecular flexibility index (Phi) is 10.1. The number of hydrogen-bond acceptors (Lipinski definition) is 4. The van der Waals surface area contributed by atoms with Crippen LogP contribution in [-0.2, 0) is 14.3 Å². The Hall–Kier alpha value is -0.650. The Bertz CT molecular complexity index is 710. The molecule has 0 atom stereocenters. The number of carbonyl (C=O) groups excluding carboxylic acids is 1. The van der Waals surface area contributed by atoms with Crippen molar-refractivity contribution in [1.29, 1.82) is 0 Å². The smallest absolute Gasteiger partial charge is 0.246 e. The molecule has 5 heteroatoms. The average molecular weight is 519 g/mol. The molecule has 0 unspecified atom stereocenters. The van der Waals surface area contributed by atoms with Crippen molar-refractivity contribution in [3.8, 4) is 0 Å². The molecule has 214 valence electrons. The van der Waals surface area contributed by atoms with Crippen molar-refractivity contribution in [2.75, 3.05) is 6.61 Å². The molecule has 37 heavy (non-hydrogen) atoms. The van der Waals surface area contributed by atoms with Crippen molar-refractivity contribution in [3.63, 3.8) is 0 Å². The first-order valence-corrected chi connectivity index (χ1v) is 16.0. The summed E-state index contributed by atoms with van der Waals surface area (Å²) in [5.74, 6) is 0.704. The maximum Gasteiger partial charge on any atom is 0.246 e. The molecule has 0 saturated heterocycles. The predicted molar refractivity (Wildman–Crippen MR) is 152 cm³/mol. The molecule has 5 aliphatic carbocycles. The van der Waals surface area contributed by atoms with Gasteiger partial charge in [0.1, 0.15) is 12.3 Å². The van der Waals surface area contributed by atoms with E-state index >= 15 is 0 Å². The first-order chi connectivity index (χ1) is 17.6. The van der Waals surface area contributed by atoms with Gasteiger partial charge in [0.05, 0.1) is 11.7 Å². The van der Waals surface area contributed by atoms with Gasteiger partial charge in [0, 0.05) is 11.1 Å². The summed E-state index contributed by atoms with van der Waals surface area (Å²) in [7, 11) is 0. The Morgan fingerprint density at radius 1 is 0.730 bits per heavy atom. The Morgan fingerprint density at radius 2 is 1.22 bits per heavy atom. The van der Waals surface area contributed by atoms with Gasteiger partial charge >= 0.3 is 0 Å². The first kappa shape index (κ1) is 29.3. The molecule has 2 N–H and O–H groups in total. The van der Waals surface area contributed by atoms with Gasteiger partial charge in [-0.15, -0.1) is 0 Å². The van der Waals surface area contributed by atoms with E-state index < -0.39 is 0 Å². The minimum absolute atomic E-state index is 0.0467. The van der Waals surface area contributed by atoms with Gasteiger partial charge in [-0.3, -0.25) is 10.1 Å². The molecule has 5 nitrogen and oxygen atoms in total. The van der Waals surface area contributed by atoms with E-state index in [1.165, 1.54) is 89.9 Å². The number of nitrogens with one attached hydrogen (secondary N) is 2. The molecule has 5 aliphatic rings. The van der Waals surface area contributed by atoms with E-state index in [4.69, 9.17) is 9.47 Å². The fraction of sp³-hybridized carbons (Fsp3) is 0.969. The summed E-state index contributed by atoms with van der Waals surface area (Å²) < 4.78 is 13.0. The zero-order valence-electron chi connectivity index (χ0n) is 24.7. The summed E-state index contributed by atoms with van der Waals surface area (Å²) in [5, 5.41) is 7.31. The highest BCUT2D eigenvalue weighted by molar-refractivity contribution is 5.78. The van der Waals surface area contributed by atoms with E-state index in [2.05, 4.69) is 38.3 Å². The van der Waals surface area contributed by atoms with Crippen molar-refractivity contribution in [1.82, 2.24) is 10.6 Å². The molecule has 0 aromatic heterocycles. The first-order valence-electron chi connectivity index (χ1n) is 16.0. The van der Waals surface area contributed by atoms with Crippen LogP contribution in [0.15, 0.2) is 0 Å². The number of carbonyl (C=O) groups is 1. The second-order valence-electron chi connectivity index (χ2n) is 14.3. The van der Waals surface area contributed by atoms with Crippen LogP contribution in [0.5, 0.6) is 0 Å². The lowest BCUT2D eigenvalue weighted by molar-refractivity contribution is -0.181. The predicted octanol–water partition coefficient (Wildman–Crippen LogP) is 7.56. The number of ether oxygens (including phenoxy) is 2. The molecule has 5 saturated carbocycles. The molecule has 0 aromatic rings. The van der Waals surface area contributed by atoms with E-state index in [0.29, 0.717) is 5.92 Å². The Balaban J connectivity index is 1.21. The van der Waals surface area contributed by atoms with E-state index in [9.17, 15) is 4.79 Å². The maximum atomic E-state index is 12.9. The molecule has 0 aromatic carbocycles. The zero-order chi connectivity index (χ0) is 26.4. The van der Waals surface area contributed by atoms with Crippen molar-refractivity contribution >= 4 is 5.91 Å². The fourth-order valence-corrected chi connectivity index (χ4v) is 8.40. The SMILES string of the molecule is CC(C)(NC12CCC(NC(=O)COC3CCCCCCCCC3)(C1)C2)OC(C)(C)C1CCCCCCC1. The van der Waals surface area contributed by atoms with Crippen LogP contribution in [0.4, 0.5) is 0 Å². The highest BCUT2D eigenvalue weighted by Gasteiger charge is 2.62. The van der Waals surface area contributed by atoms with Crippen LogP contribution in [-0.4, -0.2) is 41.0 Å². The lowest BCUT2D eigenvalue weighted by Crippen LogP contribution is -2.68. The van der Waals surface area contributed by atoms with Gasteiger partial charge in [0.2, 0.25) is 5.91 Å². The van der Waals surface area contributed by atoms with Gasteiger partial charge in [-0.1, -0.05) is 77.0 Å². The number of hydrogen-bond donors (Lipinski definition) is 2. The van der Waals surface area contributed by atoms with Gasteiger partial charge in [0.25, 0.3) is 0 Å². The molecule has 2 bridgehead atoms. The highest BCUT2D eigenvalue weighted by atomic mass is 16.5. The van der Waals surface area contributed by atoms with Crippen LogP contribution in [0, 0.1) is 5.92 Å². The van der Waals surface area contributed by atoms with Crippen LogP contribution in [0.3, 0.4) is 0 Å². The largest absolute Gasteiger partial charge is 0.368 e. The monoisotopic (exact) mass is 518 g/mol. The second kappa shape index (κ2) is 12.7. The second-order valence-corrected chi connectivity index (χ2v) is 14.3. The molecule has 0 spiro atoms. The number of rotatable bonds is 9. The normalized spacial score (nSPS) is 31.2. The summed E-state index contributed by atoms with van der Waals surface area (Å²) in [5.41, 5.74) is -0.476. The van der Waals surface area contributed by atoms with Gasteiger partial charge in [-0.2, -0.15) is 0 Å². The third-order valence-corrected chi connectivity index (χ3v) is 10.0. The summed E-state index contributed by atoms with van der Waals surface area (Å²) in [6.45, 7) is 9.24. The van der Waals surface area contributed by atoms with Crippen molar-refractivity contribution in [2.45, 2.75) is 185 Å². The Labute approximate surface area is 228 Å².